The van der Waals surface area contributed by atoms with E-state index in [0.717, 1.165) is 55.8 Å². The summed E-state index contributed by atoms with van der Waals surface area (Å²) in [6, 6.07) is 6.01. The molecule has 1 fully saturated rings. The monoisotopic (exact) mass is 361 g/mol. The largest absolute Gasteiger partial charge is 0.497 e. The fourth-order valence-electron chi connectivity index (χ4n) is 3.28. The highest BCUT2D eigenvalue weighted by Crippen LogP contribution is 2.26. The molecular weight excluding hydrogens is 334 g/mol. The minimum absolute atomic E-state index is 0.880. The van der Waals surface area contributed by atoms with Crippen LogP contribution in [0.1, 0.15) is 21.1 Å². The molecule has 136 valence electrons. The molecular formula is C19H27N3O2S. The zero-order valence-corrected chi connectivity index (χ0v) is 16.4. The predicted octanol–water partition coefficient (Wildman–Crippen LogP) is 3.09. The molecule has 0 spiro atoms. The van der Waals surface area contributed by atoms with Gasteiger partial charge in [-0.15, -0.1) is 11.3 Å². The van der Waals surface area contributed by atoms with Gasteiger partial charge < -0.3 is 9.47 Å². The molecule has 25 heavy (non-hydrogen) atoms. The number of methoxy groups -OCH3 is 2. The second-order valence-corrected chi connectivity index (χ2v) is 7.76. The number of thiazole rings is 1. The smallest absolute Gasteiger partial charge is 0.123 e. The summed E-state index contributed by atoms with van der Waals surface area (Å²) in [4.78, 5) is 11.0. The van der Waals surface area contributed by atoms with Crippen molar-refractivity contribution in [2.75, 3.05) is 40.4 Å². The van der Waals surface area contributed by atoms with Crippen molar-refractivity contribution in [3.05, 3.63) is 39.3 Å². The molecule has 1 aromatic carbocycles. The summed E-state index contributed by atoms with van der Waals surface area (Å²) in [5, 5.41) is 1.16. The van der Waals surface area contributed by atoms with Gasteiger partial charge in [0.15, 0.2) is 0 Å². The van der Waals surface area contributed by atoms with Crippen LogP contribution >= 0.6 is 11.3 Å². The molecule has 1 aliphatic rings. The Kier molecular flexibility index (Phi) is 5.93. The van der Waals surface area contributed by atoms with E-state index in [1.807, 2.05) is 23.5 Å². The van der Waals surface area contributed by atoms with Gasteiger partial charge in [0, 0.05) is 49.7 Å². The van der Waals surface area contributed by atoms with Crippen molar-refractivity contribution in [1.82, 2.24) is 14.8 Å². The summed E-state index contributed by atoms with van der Waals surface area (Å²) in [6.45, 7) is 10.4. The number of piperazine rings is 1. The normalized spacial score (nSPS) is 16.2. The standard InChI is InChI=1S/C19H27N3O2S/c1-14-19(25-15(2)20-14)13-22-9-7-21(8-10-22)12-16-11-17(23-3)5-6-18(16)24-4/h5-6,11H,7-10,12-13H2,1-4H3. The van der Waals surface area contributed by atoms with Gasteiger partial charge in [0.05, 0.1) is 24.9 Å². The average Bonchev–Trinajstić information content (AvgIpc) is 2.93. The van der Waals surface area contributed by atoms with Crippen LogP contribution in [0.25, 0.3) is 0 Å². The molecule has 6 heteroatoms. The lowest BCUT2D eigenvalue weighted by atomic mass is 10.1. The predicted molar refractivity (Wildman–Crippen MR) is 102 cm³/mol. The first-order valence-electron chi connectivity index (χ1n) is 8.67. The van der Waals surface area contributed by atoms with Crippen LogP contribution in [0.5, 0.6) is 11.5 Å². The Balaban J connectivity index is 1.57. The molecule has 0 radical (unpaired) electrons. The molecule has 0 unspecified atom stereocenters. The van der Waals surface area contributed by atoms with Gasteiger partial charge in [0.25, 0.3) is 0 Å². The van der Waals surface area contributed by atoms with Crippen LogP contribution in [0.15, 0.2) is 18.2 Å². The highest BCUT2D eigenvalue weighted by molar-refractivity contribution is 7.11. The zero-order chi connectivity index (χ0) is 17.8. The van der Waals surface area contributed by atoms with E-state index >= 15 is 0 Å². The first-order chi connectivity index (χ1) is 12.1. The Labute approximate surface area is 154 Å². The minimum atomic E-state index is 0.880. The van der Waals surface area contributed by atoms with E-state index in [9.17, 15) is 0 Å². The van der Waals surface area contributed by atoms with Gasteiger partial charge in [0.1, 0.15) is 11.5 Å². The number of benzene rings is 1. The Morgan fingerprint density at radius 2 is 1.68 bits per heavy atom. The molecule has 0 amide bonds. The van der Waals surface area contributed by atoms with Crippen LogP contribution in [0.3, 0.4) is 0 Å². The molecule has 1 aliphatic heterocycles. The molecule has 0 N–H and O–H groups in total. The van der Waals surface area contributed by atoms with Gasteiger partial charge in [0.2, 0.25) is 0 Å². The number of rotatable bonds is 6. The van der Waals surface area contributed by atoms with Crippen molar-refractivity contribution in [3.63, 3.8) is 0 Å². The third-order valence-corrected chi connectivity index (χ3v) is 5.77. The van der Waals surface area contributed by atoms with Crippen molar-refractivity contribution in [3.8, 4) is 11.5 Å². The second kappa shape index (κ2) is 8.17. The first-order valence-corrected chi connectivity index (χ1v) is 9.49. The van der Waals surface area contributed by atoms with Crippen molar-refractivity contribution in [1.29, 1.82) is 0 Å². The summed E-state index contributed by atoms with van der Waals surface area (Å²) in [7, 11) is 3.43. The number of aromatic nitrogens is 1. The van der Waals surface area contributed by atoms with E-state index in [4.69, 9.17) is 9.47 Å². The summed E-state index contributed by atoms with van der Waals surface area (Å²) in [6.07, 6.45) is 0. The molecule has 0 bridgehead atoms. The minimum Gasteiger partial charge on any atom is -0.497 e. The molecule has 0 aliphatic carbocycles. The van der Waals surface area contributed by atoms with Gasteiger partial charge in [-0.25, -0.2) is 4.98 Å². The highest BCUT2D eigenvalue weighted by Gasteiger charge is 2.20. The lowest BCUT2D eigenvalue weighted by Gasteiger charge is -2.34. The second-order valence-electron chi connectivity index (χ2n) is 6.47. The Morgan fingerprint density at radius 1 is 1.00 bits per heavy atom. The zero-order valence-electron chi connectivity index (χ0n) is 15.5. The van der Waals surface area contributed by atoms with Crippen molar-refractivity contribution in [2.24, 2.45) is 0 Å². The Hall–Kier alpha value is -1.63. The van der Waals surface area contributed by atoms with Crippen molar-refractivity contribution >= 4 is 11.3 Å². The van der Waals surface area contributed by atoms with Gasteiger partial charge in [-0.05, 0) is 32.0 Å². The van der Waals surface area contributed by atoms with Crippen LogP contribution in [-0.4, -0.2) is 55.2 Å². The summed E-state index contributed by atoms with van der Waals surface area (Å²) in [5.74, 6) is 1.81. The number of hydrogen-bond donors (Lipinski definition) is 0. The molecule has 3 rings (SSSR count). The van der Waals surface area contributed by atoms with Crippen LogP contribution in [0.4, 0.5) is 0 Å². The van der Waals surface area contributed by atoms with E-state index in [1.165, 1.54) is 16.1 Å². The maximum absolute atomic E-state index is 5.50. The number of nitrogens with zero attached hydrogens (tertiary/aromatic N) is 3. The Morgan fingerprint density at radius 3 is 2.24 bits per heavy atom. The number of aryl methyl sites for hydroxylation is 2. The lowest BCUT2D eigenvalue weighted by molar-refractivity contribution is 0.122. The molecule has 0 atom stereocenters. The van der Waals surface area contributed by atoms with Gasteiger partial charge >= 0.3 is 0 Å². The molecule has 2 aromatic rings. The van der Waals surface area contributed by atoms with Gasteiger partial charge in [-0.3, -0.25) is 9.80 Å². The Bertz CT molecular complexity index is 709. The quantitative estimate of drug-likeness (QED) is 0.790. The maximum atomic E-state index is 5.50. The van der Waals surface area contributed by atoms with Crippen LogP contribution in [0.2, 0.25) is 0 Å². The topological polar surface area (TPSA) is 37.8 Å². The first kappa shape index (κ1) is 18.2. The summed E-state index contributed by atoms with van der Waals surface area (Å²) in [5.41, 5.74) is 2.37. The molecule has 2 heterocycles. The van der Waals surface area contributed by atoms with Crippen LogP contribution in [0, 0.1) is 13.8 Å². The van der Waals surface area contributed by atoms with E-state index < -0.39 is 0 Å². The van der Waals surface area contributed by atoms with Gasteiger partial charge in [-0.2, -0.15) is 0 Å². The summed E-state index contributed by atoms with van der Waals surface area (Å²) < 4.78 is 10.9. The van der Waals surface area contributed by atoms with Crippen LogP contribution in [-0.2, 0) is 13.1 Å². The SMILES string of the molecule is COc1ccc(OC)c(CN2CCN(Cc3sc(C)nc3C)CC2)c1. The maximum Gasteiger partial charge on any atom is 0.123 e. The fourth-order valence-corrected chi connectivity index (χ4v) is 4.25. The summed E-state index contributed by atoms with van der Waals surface area (Å²) >= 11 is 1.82. The molecule has 5 nitrogen and oxygen atoms in total. The average molecular weight is 362 g/mol. The van der Waals surface area contributed by atoms with Crippen molar-refractivity contribution in [2.45, 2.75) is 26.9 Å². The van der Waals surface area contributed by atoms with E-state index in [1.54, 1.807) is 14.2 Å². The van der Waals surface area contributed by atoms with Crippen LogP contribution < -0.4 is 9.47 Å². The van der Waals surface area contributed by atoms with Crippen molar-refractivity contribution < 1.29 is 9.47 Å². The van der Waals surface area contributed by atoms with E-state index in [-0.39, 0.29) is 0 Å². The highest BCUT2D eigenvalue weighted by atomic mass is 32.1. The number of hydrogen-bond acceptors (Lipinski definition) is 6. The molecule has 0 saturated carbocycles. The van der Waals surface area contributed by atoms with E-state index in [2.05, 4.69) is 34.7 Å². The van der Waals surface area contributed by atoms with Gasteiger partial charge in [-0.1, -0.05) is 0 Å². The van der Waals surface area contributed by atoms with E-state index in [0.29, 0.717) is 0 Å². The lowest BCUT2D eigenvalue weighted by Crippen LogP contribution is -2.45. The third kappa shape index (κ3) is 4.51. The third-order valence-electron chi connectivity index (χ3n) is 4.71. The fraction of sp³-hybridized carbons (Fsp3) is 0.526. The number of ether oxygens (including phenoxy) is 2. The molecule has 1 aromatic heterocycles. The molecule has 1 saturated heterocycles.